The lowest BCUT2D eigenvalue weighted by atomic mass is 10.2. The molecule has 0 aromatic heterocycles. The number of rotatable bonds is 3. The second-order valence-electron chi connectivity index (χ2n) is 2.43. The summed E-state index contributed by atoms with van der Waals surface area (Å²) in [6, 6.07) is 3.06. The molecule has 0 saturated carbocycles. The fourth-order valence-electron chi connectivity index (χ4n) is 1.03. The van der Waals surface area contributed by atoms with E-state index in [0.29, 0.717) is 11.3 Å². The van der Waals surface area contributed by atoms with Crippen molar-refractivity contribution in [3.05, 3.63) is 22.7 Å². The van der Waals surface area contributed by atoms with Gasteiger partial charge in [0, 0.05) is 12.1 Å². The topological polar surface area (TPSA) is 61.7 Å². The number of aromatic hydroxyl groups is 1. The van der Waals surface area contributed by atoms with E-state index in [1.165, 1.54) is 13.2 Å². The van der Waals surface area contributed by atoms with Gasteiger partial charge in [-0.2, -0.15) is 0 Å². The van der Waals surface area contributed by atoms with Gasteiger partial charge in [-0.3, -0.25) is 0 Å². The van der Waals surface area contributed by atoms with Crippen LogP contribution in [0.2, 0.25) is 5.02 Å². The number of halogens is 1. The van der Waals surface area contributed by atoms with Gasteiger partial charge in [-0.1, -0.05) is 17.7 Å². The van der Waals surface area contributed by atoms with E-state index in [9.17, 15) is 5.11 Å². The number of hydrogen-bond acceptors (Lipinski definition) is 4. The van der Waals surface area contributed by atoms with Crippen molar-refractivity contribution in [2.75, 3.05) is 7.11 Å². The van der Waals surface area contributed by atoms with Gasteiger partial charge in [0.15, 0.2) is 0 Å². The molecule has 0 spiro atoms. The van der Waals surface area contributed by atoms with Crippen molar-refractivity contribution in [1.29, 1.82) is 0 Å². The number of hydrogen-bond donors (Lipinski definition) is 3. The zero-order valence-electron chi connectivity index (χ0n) is 7.04. The van der Waals surface area contributed by atoms with E-state index < -0.39 is 0 Å². The molecule has 1 rings (SSSR count). The van der Waals surface area contributed by atoms with Crippen molar-refractivity contribution in [3.63, 3.8) is 0 Å². The van der Waals surface area contributed by atoms with Gasteiger partial charge in [0.05, 0.1) is 7.11 Å². The van der Waals surface area contributed by atoms with Crippen molar-refractivity contribution < 1.29 is 15.1 Å². The molecular formula is C8H10ClNO3. The molecule has 0 aliphatic rings. The Morgan fingerprint density at radius 3 is 2.77 bits per heavy atom. The van der Waals surface area contributed by atoms with Crippen LogP contribution in [0.25, 0.3) is 0 Å². The number of phenolic OH excluding ortho intramolecular Hbond substituents is 1. The van der Waals surface area contributed by atoms with Gasteiger partial charge in [-0.15, -0.1) is 0 Å². The Morgan fingerprint density at radius 2 is 2.23 bits per heavy atom. The number of nitrogens with one attached hydrogen (secondary N) is 1. The zero-order valence-corrected chi connectivity index (χ0v) is 7.80. The highest BCUT2D eigenvalue weighted by atomic mass is 35.5. The van der Waals surface area contributed by atoms with E-state index >= 15 is 0 Å². The number of phenols is 1. The van der Waals surface area contributed by atoms with Gasteiger partial charge < -0.3 is 15.1 Å². The summed E-state index contributed by atoms with van der Waals surface area (Å²) in [6.45, 7) is 0.211. The Balaban J connectivity index is 3.13. The van der Waals surface area contributed by atoms with Crippen LogP contribution in [0.4, 0.5) is 0 Å². The second-order valence-corrected chi connectivity index (χ2v) is 2.80. The fourth-order valence-corrected chi connectivity index (χ4v) is 1.29. The standard InChI is InChI=1S/C8H10ClNO3/c1-13-8-5(4-10-12)2-3-6(11)7(8)9/h2-3,10-12H,4H2,1H3. The maximum Gasteiger partial charge on any atom is 0.145 e. The summed E-state index contributed by atoms with van der Waals surface area (Å²) in [4.78, 5) is 0. The number of benzene rings is 1. The van der Waals surface area contributed by atoms with Crippen LogP contribution in [0.15, 0.2) is 12.1 Å². The lowest BCUT2D eigenvalue weighted by Gasteiger charge is -2.10. The Morgan fingerprint density at radius 1 is 1.54 bits per heavy atom. The van der Waals surface area contributed by atoms with Gasteiger partial charge in [0.1, 0.15) is 16.5 Å². The summed E-state index contributed by atoms with van der Waals surface area (Å²) in [5.74, 6) is 0.323. The lowest BCUT2D eigenvalue weighted by Crippen LogP contribution is -2.07. The number of methoxy groups -OCH3 is 1. The molecule has 72 valence electrons. The Kier molecular flexibility index (Phi) is 3.36. The SMILES string of the molecule is COc1c(CNO)ccc(O)c1Cl. The first-order chi connectivity index (χ1) is 6.20. The Hall–Kier alpha value is -0.970. The van der Waals surface area contributed by atoms with E-state index in [0.717, 1.165) is 0 Å². The Labute approximate surface area is 80.7 Å². The minimum Gasteiger partial charge on any atom is -0.506 e. The largest absolute Gasteiger partial charge is 0.506 e. The van der Waals surface area contributed by atoms with Crippen LogP contribution < -0.4 is 10.2 Å². The van der Waals surface area contributed by atoms with Crippen molar-refractivity contribution in [2.24, 2.45) is 0 Å². The predicted octanol–water partition coefficient (Wildman–Crippen LogP) is 1.53. The molecule has 1 aromatic carbocycles. The zero-order chi connectivity index (χ0) is 9.84. The molecule has 0 aliphatic carbocycles. The maximum atomic E-state index is 9.23. The molecule has 0 heterocycles. The van der Waals surface area contributed by atoms with Crippen LogP contribution in [-0.2, 0) is 6.54 Å². The second kappa shape index (κ2) is 4.32. The van der Waals surface area contributed by atoms with E-state index in [2.05, 4.69) is 0 Å². The van der Waals surface area contributed by atoms with E-state index in [-0.39, 0.29) is 17.3 Å². The maximum absolute atomic E-state index is 9.23. The molecule has 0 bridgehead atoms. The van der Waals surface area contributed by atoms with E-state index in [1.54, 1.807) is 6.07 Å². The van der Waals surface area contributed by atoms with Crippen LogP contribution >= 0.6 is 11.6 Å². The van der Waals surface area contributed by atoms with Crippen LogP contribution in [0.5, 0.6) is 11.5 Å². The molecule has 4 nitrogen and oxygen atoms in total. The smallest absolute Gasteiger partial charge is 0.145 e. The first-order valence-corrected chi connectivity index (χ1v) is 3.99. The highest BCUT2D eigenvalue weighted by molar-refractivity contribution is 6.33. The summed E-state index contributed by atoms with van der Waals surface area (Å²) < 4.78 is 4.97. The summed E-state index contributed by atoms with van der Waals surface area (Å²) >= 11 is 5.75. The molecule has 0 aliphatic heterocycles. The van der Waals surface area contributed by atoms with Gasteiger partial charge in [0.25, 0.3) is 0 Å². The quantitative estimate of drug-likeness (QED) is 0.652. The molecule has 3 N–H and O–H groups in total. The average Bonchev–Trinajstić information content (AvgIpc) is 2.12. The molecule has 13 heavy (non-hydrogen) atoms. The summed E-state index contributed by atoms with van der Waals surface area (Å²) in [6.07, 6.45) is 0. The third-order valence-electron chi connectivity index (χ3n) is 1.63. The minimum absolute atomic E-state index is 0.0415. The molecule has 0 fully saturated rings. The van der Waals surface area contributed by atoms with E-state index in [4.69, 9.17) is 21.5 Å². The van der Waals surface area contributed by atoms with Gasteiger partial charge in [-0.05, 0) is 6.07 Å². The highest BCUT2D eigenvalue weighted by Gasteiger charge is 2.10. The molecule has 0 saturated heterocycles. The predicted molar refractivity (Wildman–Crippen MR) is 48.3 cm³/mol. The van der Waals surface area contributed by atoms with Gasteiger partial charge in [0.2, 0.25) is 0 Å². The van der Waals surface area contributed by atoms with Crippen molar-refractivity contribution >= 4 is 11.6 Å². The van der Waals surface area contributed by atoms with Crippen molar-refractivity contribution in [1.82, 2.24) is 5.48 Å². The Bertz CT molecular complexity index is 304. The molecule has 5 heteroatoms. The highest BCUT2D eigenvalue weighted by Crippen LogP contribution is 2.35. The van der Waals surface area contributed by atoms with Crippen LogP contribution in [0.1, 0.15) is 5.56 Å². The summed E-state index contributed by atoms with van der Waals surface area (Å²) in [7, 11) is 1.45. The number of ether oxygens (including phenoxy) is 1. The molecular weight excluding hydrogens is 194 g/mol. The first-order valence-electron chi connectivity index (χ1n) is 3.62. The monoisotopic (exact) mass is 203 g/mol. The normalized spacial score (nSPS) is 10.1. The summed E-state index contributed by atoms with van der Waals surface area (Å²) in [5.41, 5.74) is 2.66. The van der Waals surface area contributed by atoms with Crippen molar-refractivity contribution in [3.8, 4) is 11.5 Å². The van der Waals surface area contributed by atoms with Crippen molar-refractivity contribution in [2.45, 2.75) is 6.54 Å². The summed E-state index contributed by atoms with van der Waals surface area (Å²) in [5, 5.41) is 17.9. The van der Waals surface area contributed by atoms with Gasteiger partial charge in [-0.25, -0.2) is 5.48 Å². The van der Waals surface area contributed by atoms with Gasteiger partial charge >= 0.3 is 0 Å². The molecule has 0 amide bonds. The molecule has 0 atom stereocenters. The van der Waals surface area contributed by atoms with Crippen LogP contribution in [0.3, 0.4) is 0 Å². The van der Waals surface area contributed by atoms with E-state index in [1.807, 2.05) is 5.48 Å². The average molecular weight is 204 g/mol. The van der Waals surface area contributed by atoms with Crippen LogP contribution in [0, 0.1) is 0 Å². The molecule has 0 radical (unpaired) electrons. The van der Waals surface area contributed by atoms with Crippen LogP contribution in [-0.4, -0.2) is 17.4 Å². The molecule has 1 aromatic rings. The number of hydroxylamine groups is 1. The third kappa shape index (κ3) is 2.03. The fraction of sp³-hybridized carbons (Fsp3) is 0.250. The minimum atomic E-state index is -0.0415. The lowest BCUT2D eigenvalue weighted by molar-refractivity contribution is 0.160. The first kappa shape index (κ1) is 10.1. The molecule has 0 unspecified atom stereocenters. The third-order valence-corrected chi connectivity index (χ3v) is 2.00.